The minimum absolute atomic E-state index is 0.414. The number of aromatic amines is 1. The zero-order valence-electron chi connectivity index (χ0n) is 12.9. The fourth-order valence-electron chi connectivity index (χ4n) is 2.69. The summed E-state index contributed by atoms with van der Waals surface area (Å²) >= 11 is 0. The summed E-state index contributed by atoms with van der Waals surface area (Å²) in [5, 5.41) is 10.9. The van der Waals surface area contributed by atoms with Gasteiger partial charge in [0.1, 0.15) is 5.69 Å². The minimum Gasteiger partial charge on any atom is -0.325 e. The average Bonchev–Trinajstić information content (AvgIpc) is 2.99. The topological polar surface area (TPSA) is 67.6 Å². The zero-order valence-corrected chi connectivity index (χ0v) is 12.9. The van der Waals surface area contributed by atoms with E-state index in [1.54, 1.807) is 0 Å². The van der Waals surface area contributed by atoms with Crippen molar-refractivity contribution in [3.05, 3.63) is 35.5 Å². The summed E-state index contributed by atoms with van der Waals surface area (Å²) in [7, 11) is 0. The average molecular weight is 286 g/mol. The van der Waals surface area contributed by atoms with E-state index in [0.29, 0.717) is 6.54 Å². The summed E-state index contributed by atoms with van der Waals surface area (Å²) in [6.07, 6.45) is 9.01. The van der Waals surface area contributed by atoms with Gasteiger partial charge in [0.2, 0.25) is 0 Å². The molecule has 0 spiro atoms. The molecule has 21 heavy (non-hydrogen) atoms. The van der Waals surface area contributed by atoms with Crippen molar-refractivity contribution in [2.75, 3.05) is 0 Å². The lowest BCUT2D eigenvalue weighted by Gasteiger charge is -2.09. The summed E-state index contributed by atoms with van der Waals surface area (Å²) < 4.78 is 0. The minimum atomic E-state index is 0.414. The van der Waals surface area contributed by atoms with Crippen LogP contribution in [0.3, 0.4) is 0 Å². The van der Waals surface area contributed by atoms with Crippen molar-refractivity contribution < 1.29 is 0 Å². The number of hydrogen-bond donors (Lipinski definition) is 2. The Morgan fingerprint density at radius 3 is 2.62 bits per heavy atom. The van der Waals surface area contributed by atoms with Gasteiger partial charge in [0.05, 0.1) is 5.69 Å². The lowest BCUT2D eigenvalue weighted by atomic mass is 9.97. The Labute approximate surface area is 127 Å². The number of aromatic nitrogens is 3. The van der Waals surface area contributed by atoms with Gasteiger partial charge in [-0.3, -0.25) is 5.10 Å². The van der Waals surface area contributed by atoms with Gasteiger partial charge in [0.25, 0.3) is 0 Å². The molecule has 0 amide bonds. The van der Waals surface area contributed by atoms with Gasteiger partial charge in [-0.2, -0.15) is 0 Å². The quantitative estimate of drug-likeness (QED) is 0.688. The van der Waals surface area contributed by atoms with Crippen molar-refractivity contribution in [1.29, 1.82) is 0 Å². The van der Waals surface area contributed by atoms with Crippen LogP contribution in [0.5, 0.6) is 0 Å². The predicted molar refractivity (Wildman–Crippen MR) is 86.8 cm³/mol. The fraction of sp³-hybridized carbons (Fsp3) is 0.529. The third-order valence-electron chi connectivity index (χ3n) is 3.90. The van der Waals surface area contributed by atoms with Crippen molar-refractivity contribution in [3.8, 4) is 11.3 Å². The number of rotatable bonds is 9. The number of H-pyrrole nitrogens is 1. The molecule has 1 aromatic carbocycles. The van der Waals surface area contributed by atoms with Gasteiger partial charge in [0.15, 0.2) is 0 Å². The van der Waals surface area contributed by atoms with E-state index in [9.17, 15) is 0 Å². The SMILES string of the molecule is CCCCCCCCc1ccccc1-c1[nH]nnc1CN. The zero-order chi connectivity index (χ0) is 14.9. The molecule has 3 N–H and O–H groups in total. The van der Waals surface area contributed by atoms with E-state index in [-0.39, 0.29) is 0 Å². The van der Waals surface area contributed by atoms with Crippen LogP contribution >= 0.6 is 0 Å². The smallest absolute Gasteiger partial charge is 0.104 e. The third kappa shape index (κ3) is 4.39. The normalized spacial score (nSPS) is 11.0. The molecular weight excluding hydrogens is 260 g/mol. The Hall–Kier alpha value is -1.68. The van der Waals surface area contributed by atoms with Gasteiger partial charge in [-0.25, -0.2) is 0 Å². The van der Waals surface area contributed by atoms with E-state index in [0.717, 1.165) is 17.8 Å². The summed E-state index contributed by atoms with van der Waals surface area (Å²) in [5.74, 6) is 0. The van der Waals surface area contributed by atoms with Crippen LogP contribution in [0.2, 0.25) is 0 Å². The van der Waals surface area contributed by atoms with E-state index in [2.05, 4.69) is 46.6 Å². The highest BCUT2D eigenvalue weighted by Gasteiger charge is 2.11. The molecular formula is C17H26N4. The molecule has 0 fully saturated rings. The van der Waals surface area contributed by atoms with Crippen LogP contribution in [0.1, 0.15) is 56.7 Å². The van der Waals surface area contributed by atoms with Gasteiger partial charge >= 0.3 is 0 Å². The second kappa shape index (κ2) is 8.57. The highest BCUT2D eigenvalue weighted by Crippen LogP contribution is 2.25. The highest BCUT2D eigenvalue weighted by molar-refractivity contribution is 5.65. The maximum Gasteiger partial charge on any atom is 0.104 e. The molecule has 114 valence electrons. The van der Waals surface area contributed by atoms with Crippen LogP contribution in [0, 0.1) is 0 Å². The standard InChI is InChI=1S/C17H26N4/c1-2-3-4-5-6-7-10-14-11-8-9-12-15(14)17-16(13-18)19-21-20-17/h8-9,11-12H,2-7,10,13,18H2,1H3,(H,19,20,21). The Morgan fingerprint density at radius 2 is 1.81 bits per heavy atom. The Kier molecular flexibility index (Phi) is 6.41. The monoisotopic (exact) mass is 286 g/mol. The molecule has 0 aliphatic heterocycles. The summed E-state index contributed by atoms with van der Waals surface area (Å²) in [4.78, 5) is 0. The first-order valence-electron chi connectivity index (χ1n) is 8.05. The molecule has 2 rings (SSSR count). The number of hydrogen-bond acceptors (Lipinski definition) is 3. The fourth-order valence-corrected chi connectivity index (χ4v) is 2.69. The number of unbranched alkanes of at least 4 members (excludes halogenated alkanes) is 5. The Morgan fingerprint density at radius 1 is 1.05 bits per heavy atom. The molecule has 4 nitrogen and oxygen atoms in total. The molecule has 1 aromatic heterocycles. The van der Waals surface area contributed by atoms with Crippen molar-refractivity contribution in [2.45, 2.75) is 58.4 Å². The van der Waals surface area contributed by atoms with Gasteiger partial charge in [-0.05, 0) is 18.4 Å². The summed E-state index contributed by atoms with van der Waals surface area (Å²) in [5.41, 5.74) is 10.1. The highest BCUT2D eigenvalue weighted by atomic mass is 15.3. The summed E-state index contributed by atoms with van der Waals surface area (Å²) in [6.45, 7) is 2.67. The van der Waals surface area contributed by atoms with Crippen LogP contribution in [-0.2, 0) is 13.0 Å². The maximum absolute atomic E-state index is 5.73. The molecule has 0 aliphatic rings. The van der Waals surface area contributed by atoms with Crippen LogP contribution in [0.25, 0.3) is 11.3 Å². The predicted octanol–water partition coefficient (Wildman–Crippen LogP) is 3.83. The first-order valence-corrected chi connectivity index (χ1v) is 8.05. The van der Waals surface area contributed by atoms with E-state index < -0.39 is 0 Å². The maximum atomic E-state index is 5.73. The molecule has 0 unspecified atom stereocenters. The van der Waals surface area contributed by atoms with Crippen LogP contribution in [-0.4, -0.2) is 15.4 Å². The molecule has 1 heterocycles. The number of nitrogens with two attached hydrogens (primary N) is 1. The van der Waals surface area contributed by atoms with Gasteiger partial charge in [0, 0.05) is 12.1 Å². The number of aryl methyl sites for hydroxylation is 1. The molecule has 0 bridgehead atoms. The van der Waals surface area contributed by atoms with E-state index in [4.69, 9.17) is 5.73 Å². The molecule has 2 aromatic rings. The Balaban J connectivity index is 1.98. The largest absolute Gasteiger partial charge is 0.325 e. The van der Waals surface area contributed by atoms with Crippen molar-refractivity contribution >= 4 is 0 Å². The van der Waals surface area contributed by atoms with Crippen molar-refractivity contribution in [3.63, 3.8) is 0 Å². The molecule has 0 saturated carbocycles. The first kappa shape index (κ1) is 15.7. The van der Waals surface area contributed by atoms with Crippen LogP contribution in [0.15, 0.2) is 24.3 Å². The molecule has 0 radical (unpaired) electrons. The van der Waals surface area contributed by atoms with Gasteiger partial charge in [-0.15, -0.1) is 5.10 Å². The third-order valence-corrected chi connectivity index (χ3v) is 3.90. The van der Waals surface area contributed by atoms with Gasteiger partial charge < -0.3 is 5.73 Å². The first-order chi connectivity index (χ1) is 10.4. The van der Waals surface area contributed by atoms with Crippen LogP contribution < -0.4 is 5.73 Å². The van der Waals surface area contributed by atoms with Crippen LogP contribution in [0.4, 0.5) is 0 Å². The lowest BCUT2D eigenvalue weighted by Crippen LogP contribution is -2.00. The second-order valence-electron chi connectivity index (χ2n) is 5.51. The molecule has 0 aliphatic carbocycles. The Bertz CT molecular complexity index is 533. The van der Waals surface area contributed by atoms with Crippen molar-refractivity contribution in [1.82, 2.24) is 15.4 Å². The molecule has 0 saturated heterocycles. The van der Waals surface area contributed by atoms with Crippen molar-refractivity contribution in [2.24, 2.45) is 5.73 Å². The van der Waals surface area contributed by atoms with E-state index >= 15 is 0 Å². The number of nitrogens with zero attached hydrogens (tertiary/aromatic N) is 2. The second-order valence-corrected chi connectivity index (χ2v) is 5.51. The number of nitrogens with one attached hydrogen (secondary N) is 1. The number of benzene rings is 1. The molecule has 4 heteroatoms. The van der Waals surface area contributed by atoms with E-state index in [1.165, 1.54) is 49.7 Å². The van der Waals surface area contributed by atoms with E-state index in [1.807, 2.05) is 0 Å². The summed E-state index contributed by atoms with van der Waals surface area (Å²) in [6, 6.07) is 8.48. The van der Waals surface area contributed by atoms with Gasteiger partial charge in [-0.1, -0.05) is 68.5 Å². The molecule has 0 atom stereocenters. The lowest BCUT2D eigenvalue weighted by molar-refractivity contribution is 0.607.